The molecule has 0 aliphatic heterocycles. The number of carbonyl (C=O) groups is 1. The fraction of sp³-hybridized carbons (Fsp3) is 0.556. The number of nitrogens with zero attached hydrogens (tertiary/aromatic N) is 2. The van der Waals surface area contributed by atoms with E-state index in [-0.39, 0.29) is 5.69 Å². The number of hydrogen-bond donors (Lipinski definition) is 1. The molecule has 1 heterocycles. The number of halogens is 3. The van der Waals surface area contributed by atoms with Gasteiger partial charge in [0.05, 0.1) is 0 Å². The van der Waals surface area contributed by atoms with Crippen LogP contribution < -0.4 is 5.32 Å². The highest BCUT2D eigenvalue weighted by atomic mass is 19.4. The van der Waals surface area contributed by atoms with Gasteiger partial charge in [0.15, 0.2) is 5.69 Å². The molecule has 90 valence electrons. The molecular weight excluding hydrogens is 223 g/mol. The Kier molecular flexibility index (Phi) is 3.56. The third-order valence-corrected chi connectivity index (χ3v) is 1.94. The van der Waals surface area contributed by atoms with Crippen molar-refractivity contribution in [3.8, 4) is 0 Å². The van der Waals surface area contributed by atoms with Gasteiger partial charge in [-0.05, 0) is 6.42 Å². The van der Waals surface area contributed by atoms with Gasteiger partial charge >= 0.3 is 6.18 Å². The van der Waals surface area contributed by atoms with Crippen LogP contribution in [0.2, 0.25) is 0 Å². The number of rotatable bonds is 3. The summed E-state index contributed by atoms with van der Waals surface area (Å²) in [5, 5.41) is 5.97. The van der Waals surface area contributed by atoms with Crippen molar-refractivity contribution in [1.29, 1.82) is 0 Å². The van der Waals surface area contributed by atoms with Crippen molar-refractivity contribution in [2.75, 3.05) is 6.54 Å². The van der Waals surface area contributed by atoms with Gasteiger partial charge in [0.1, 0.15) is 5.69 Å². The van der Waals surface area contributed by atoms with Gasteiger partial charge in [-0.3, -0.25) is 9.48 Å². The van der Waals surface area contributed by atoms with Crippen LogP contribution in [-0.2, 0) is 13.2 Å². The topological polar surface area (TPSA) is 46.9 Å². The van der Waals surface area contributed by atoms with Crippen molar-refractivity contribution in [2.45, 2.75) is 19.5 Å². The Hall–Kier alpha value is -1.53. The number of carbonyl (C=O) groups excluding carboxylic acids is 1. The number of aromatic nitrogens is 2. The number of hydrogen-bond acceptors (Lipinski definition) is 2. The number of aryl methyl sites for hydroxylation is 1. The quantitative estimate of drug-likeness (QED) is 0.864. The van der Waals surface area contributed by atoms with E-state index in [4.69, 9.17) is 0 Å². The minimum atomic E-state index is -4.50. The molecule has 1 aromatic heterocycles. The highest BCUT2D eigenvalue weighted by Crippen LogP contribution is 2.29. The first-order valence-corrected chi connectivity index (χ1v) is 4.75. The van der Waals surface area contributed by atoms with Crippen molar-refractivity contribution in [2.24, 2.45) is 7.05 Å². The largest absolute Gasteiger partial charge is 0.433 e. The van der Waals surface area contributed by atoms with Gasteiger partial charge in [-0.15, -0.1) is 0 Å². The third-order valence-electron chi connectivity index (χ3n) is 1.94. The first kappa shape index (κ1) is 12.5. The van der Waals surface area contributed by atoms with Crippen LogP contribution >= 0.6 is 0 Å². The molecule has 0 aliphatic rings. The lowest BCUT2D eigenvalue weighted by atomic mass is 10.3. The van der Waals surface area contributed by atoms with Crippen molar-refractivity contribution in [3.05, 3.63) is 17.5 Å². The van der Waals surface area contributed by atoms with E-state index in [9.17, 15) is 18.0 Å². The minimum absolute atomic E-state index is 0.219. The molecule has 0 unspecified atom stereocenters. The number of amides is 1. The van der Waals surface area contributed by atoms with E-state index < -0.39 is 17.8 Å². The van der Waals surface area contributed by atoms with Gasteiger partial charge in [0.25, 0.3) is 5.91 Å². The zero-order valence-corrected chi connectivity index (χ0v) is 8.93. The van der Waals surface area contributed by atoms with Gasteiger partial charge in [-0.1, -0.05) is 6.92 Å². The molecule has 0 atom stereocenters. The van der Waals surface area contributed by atoms with E-state index in [1.165, 1.54) is 0 Å². The van der Waals surface area contributed by atoms with Gasteiger partial charge < -0.3 is 5.32 Å². The Bertz CT molecular complexity index is 384. The first-order chi connectivity index (χ1) is 7.36. The Morgan fingerprint density at radius 2 is 2.19 bits per heavy atom. The summed E-state index contributed by atoms with van der Waals surface area (Å²) in [5.41, 5.74) is -1.16. The molecule has 1 amide bonds. The van der Waals surface area contributed by atoms with Crippen molar-refractivity contribution in [3.63, 3.8) is 0 Å². The highest BCUT2D eigenvalue weighted by molar-refractivity contribution is 5.92. The SMILES string of the molecule is CCCNC(=O)c1cc(C(F)(F)F)n(C)n1. The van der Waals surface area contributed by atoms with Crippen LogP contribution in [0.1, 0.15) is 29.5 Å². The second-order valence-electron chi connectivity index (χ2n) is 3.29. The minimum Gasteiger partial charge on any atom is -0.351 e. The average Bonchev–Trinajstić information content (AvgIpc) is 2.56. The molecular formula is C9H12F3N3O. The van der Waals surface area contributed by atoms with Gasteiger partial charge in [0, 0.05) is 19.7 Å². The summed E-state index contributed by atoms with van der Waals surface area (Å²) < 4.78 is 37.8. The van der Waals surface area contributed by atoms with Crippen LogP contribution in [0.5, 0.6) is 0 Å². The molecule has 1 rings (SSSR count). The molecule has 1 aromatic rings. The van der Waals surface area contributed by atoms with E-state index >= 15 is 0 Å². The van der Waals surface area contributed by atoms with Crippen molar-refractivity contribution >= 4 is 5.91 Å². The molecule has 0 bridgehead atoms. The zero-order chi connectivity index (χ0) is 12.3. The lowest BCUT2D eigenvalue weighted by Crippen LogP contribution is -2.24. The lowest BCUT2D eigenvalue weighted by Gasteiger charge is -2.04. The molecule has 16 heavy (non-hydrogen) atoms. The Morgan fingerprint density at radius 1 is 1.56 bits per heavy atom. The van der Waals surface area contributed by atoms with Crippen molar-refractivity contribution < 1.29 is 18.0 Å². The molecule has 7 heteroatoms. The Balaban J connectivity index is 2.89. The van der Waals surface area contributed by atoms with E-state index in [1.54, 1.807) is 0 Å². The molecule has 0 saturated heterocycles. The normalized spacial score (nSPS) is 11.6. The summed E-state index contributed by atoms with van der Waals surface area (Å²) in [6.45, 7) is 2.26. The smallest absolute Gasteiger partial charge is 0.351 e. The van der Waals surface area contributed by atoms with E-state index in [0.29, 0.717) is 17.6 Å². The van der Waals surface area contributed by atoms with Gasteiger partial charge in [-0.25, -0.2) is 0 Å². The monoisotopic (exact) mass is 235 g/mol. The molecule has 0 fully saturated rings. The molecule has 1 N–H and O–H groups in total. The maximum absolute atomic E-state index is 12.4. The predicted octanol–water partition coefficient (Wildman–Crippen LogP) is 1.58. The van der Waals surface area contributed by atoms with Crippen molar-refractivity contribution in [1.82, 2.24) is 15.1 Å². The van der Waals surface area contributed by atoms with E-state index in [2.05, 4.69) is 10.4 Å². The fourth-order valence-corrected chi connectivity index (χ4v) is 1.17. The average molecular weight is 235 g/mol. The fourth-order valence-electron chi connectivity index (χ4n) is 1.17. The third kappa shape index (κ3) is 2.74. The van der Waals surface area contributed by atoms with Crippen LogP contribution in [0.4, 0.5) is 13.2 Å². The number of nitrogens with one attached hydrogen (secondary N) is 1. The highest BCUT2D eigenvalue weighted by Gasteiger charge is 2.35. The summed E-state index contributed by atoms with van der Waals surface area (Å²) in [7, 11) is 1.15. The second kappa shape index (κ2) is 4.54. The maximum atomic E-state index is 12.4. The molecule has 0 radical (unpaired) electrons. The van der Waals surface area contributed by atoms with Gasteiger partial charge in [-0.2, -0.15) is 18.3 Å². The van der Waals surface area contributed by atoms with Crippen LogP contribution in [0.3, 0.4) is 0 Å². The van der Waals surface area contributed by atoms with Crippen LogP contribution in [0.15, 0.2) is 6.07 Å². The molecule has 4 nitrogen and oxygen atoms in total. The van der Waals surface area contributed by atoms with Crippen LogP contribution in [0.25, 0.3) is 0 Å². The molecule has 0 saturated carbocycles. The summed E-state index contributed by atoms with van der Waals surface area (Å²) >= 11 is 0. The van der Waals surface area contributed by atoms with Crippen LogP contribution in [0, 0.1) is 0 Å². The van der Waals surface area contributed by atoms with E-state index in [1.807, 2.05) is 6.92 Å². The Morgan fingerprint density at radius 3 is 2.62 bits per heavy atom. The Labute approximate surface area is 90.4 Å². The lowest BCUT2D eigenvalue weighted by molar-refractivity contribution is -0.143. The summed E-state index contributed by atoms with van der Waals surface area (Å²) in [6, 6.07) is 0.741. The maximum Gasteiger partial charge on any atom is 0.433 e. The standard InChI is InChI=1S/C9H12F3N3O/c1-3-4-13-8(16)6-5-7(9(10,11)12)15(2)14-6/h5H,3-4H2,1-2H3,(H,13,16). The predicted molar refractivity (Wildman–Crippen MR) is 50.8 cm³/mol. The zero-order valence-electron chi connectivity index (χ0n) is 8.93. The first-order valence-electron chi connectivity index (χ1n) is 4.75. The summed E-state index contributed by atoms with van der Waals surface area (Å²) in [4.78, 5) is 11.3. The summed E-state index contributed by atoms with van der Waals surface area (Å²) in [5.74, 6) is -0.590. The van der Waals surface area contributed by atoms with Gasteiger partial charge in [0.2, 0.25) is 0 Å². The summed E-state index contributed by atoms with van der Waals surface area (Å²) in [6.07, 6.45) is -3.78. The van der Waals surface area contributed by atoms with E-state index in [0.717, 1.165) is 13.1 Å². The number of alkyl halides is 3. The molecule has 0 spiro atoms. The van der Waals surface area contributed by atoms with Crippen LogP contribution in [-0.4, -0.2) is 22.2 Å². The molecule has 0 aliphatic carbocycles. The molecule has 0 aromatic carbocycles. The second-order valence-corrected chi connectivity index (χ2v) is 3.29.